The third-order valence-electron chi connectivity index (χ3n) is 2.11. The second-order valence-electron chi connectivity index (χ2n) is 3.08. The molecule has 0 radical (unpaired) electrons. The van der Waals surface area contributed by atoms with Crippen LogP contribution in [0.2, 0.25) is 0 Å². The Morgan fingerprint density at radius 1 is 1.44 bits per heavy atom. The molecule has 0 bridgehead atoms. The summed E-state index contributed by atoms with van der Waals surface area (Å²) >= 11 is 0. The maximum Gasteiger partial charge on any atom is 0.416 e. The Labute approximate surface area is 88.7 Å². The number of nitrogens with zero attached hydrogens (tertiary/aromatic N) is 1. The van der Waals surface area contributed by atoms with Gasteiger partial charge in [-0.05, 0) is 24.6 Å². The Kier molecular flexibility index (Phi) is 2.90. The SMILES string of the molecule is Cc1c(C(F)(F)F)ccc(C(=O)O)c1C#N. The molecule has 0 heterocycles. The van der Waals surface area contributed by atoms with Gasteiger partial charge in [0.15, 0.2) is 0 Å². The Hall–Kier alpha value is -2.03. The number of hydrogen-bond donors (Lipinski definition) is 1. The van der Waals surface area contributed by atoms with Gasteiger partial charge in [0.2, 0.25) is 0 Å². The lowest BCUT2D eigenvalue weighted by Gasteiger charge is -2.12. The Bertz CT molecular complexity index is 486. The van der Waals surface area contributed by atoms with Crippen molar-refractivity contribution in [3.63, 3.8) is 0 Å². The third kappa shape index (κ3) is 1.98. The van der Waals surface area contributed by atoms with Crippen LogP contribution < -0.4 is 0 Å². The molecule has 0 fully saturated rings. The zero-order chi connectivity index (χ0) is 12.5. The molecule has 0 aliphatic rings. The lowest BCUT2D eigenvalue weighted by atomic mass is 9.97. The number of benzene rings is 1. The first-order valence-electron chi connectivity index (χ1n) is 4.13. The fraction of sp³-hybridized carbons (Fsp3) is 0.200. The van der Waals surface area contributed by atoms with Crippen molar-refractivity contribution in [2.24, 2.45) is 0 Å². The second kappa shape index (κ2) is 3.85. The van der Waals surface area contributed by atoms with Crippen LogP contribution in [0.3, 0.4) is 0 Å². The van der Waals surface area contributed by atoms with E-state index in [2.05, 4.69) is 0 Å². The van der Waals surface area contributed by atoms with E-state index in [4.69, 9.17) is 10.4 Å². The van der Waals surface area contributed by atoms with E-state index in [9.17, 15) is 18.0 Å². The molecule has 84 valence electrons. The molecule has 6 heteroatoms. The van der Waals surface area contributed by atoms with Gasteiger partial charge in [-0.15, -0.1) is 0 Å². The first kappa shape index (κ1) is 12.0. The van der Waals surface area contributed by atoms with Crippen LogP contribution in [0.25, 0.3) is 0 Å². The van der Waals surface area contributed by atoms with Gasteiger partial charge in [-0.1, -0.05) is 0 Å². The zero-order valence-electron chi connectivity index (χ0n) is 8.09. The number of alkyl halides is 3. The smallest absolute Gasteiger partial charge is 0.416 e. The predicted octanol–water partition coefficient (Wildman–Crippen LogP) is 2.58. The number of carboxylic acid groups (broad SMARTS) is 1. The number of rotatable bonds is 1. The topological polar surface area (TPSA) is 61.1 Å². The van der Waals surface area contributed by atoms with E-state index >= 15 is 0 Å². The normalized spacial score (nSPS) is 10.9. The number of carboxylic acids is 1. The van der Waals surface area contributed by atoms with E-state index in [1.807, 2.05) is 0 Å². The molecule has 0 spiro atoms. The monoisotopic (exact) mass is 229 g/mol. The molecule has 0 unspecified atom stereocenters. The highest BCUT2D eigenvalue weighted by Gasteiger charge is 2.34. The van der Waals surface area contributed by atoms with Gasteiger partial charge in [0.1, 0.15) is 6.07 Å². The summed E-state index contributed by atoms with van der Waals surface area (Å²) < 4.78 is 37.3. The van der Waals surface area contributed by atoms with Crippen LogP contribution in [0, 0.1) is 18.3 Å². The second-order valence-corrected chi connectivity index (χ2v) is 3.08. The number of halogens is 3. The first-order valence-corrected chi connectivity index (χ1v) is 4.13. The van der Waals surface area contributed by atoms with E-state index in [0.717, 1.165) is 13.0 Å². The summed E-state index contributed by atoms with van der Waals surface area (Å²) in [5.74, 6) is -1.42. The van der Waals surface area contributed by atoms with Crippen molar-refractivity contribution >= 4 is 5.97 Å². The van der Waals surface area contributed by atoms with Crippen molar-refractivity contribution in [2.75, 3.05) is 0 Å². The van der Waals surface area contributed by atoms with Crippen LogP contribution in [-0.2, 0) is 6.18 Å². The van der Waals surface area contributed by atoms with Crippen LogP contribution >= 0.6 is 0 Å². The van der Waals surface area contributed by atoms with Crippen LogP contribution in [0.1, 0.15) is 27.0 Å². The highest BCUT2D eigenvalue weighted by molar-refractivity contribution is 5.91. The molecule has 0 atom stereocenters. The van der Waals surface area contributed by atoms with Crippen molar-refractivity contribution in [1.29, 1.82) is 5.26 Å². The maximum absolute atomic E-state index is 12.4. The first-order chi connectivity index (χ1) is 7.29. The highest BCUT2D eigenvalue weighted by atomic mass is 19.4. The number of hydrogen-bond acceptors (Lipinski definition) is 2. The molecule has 1 aromatic rings. The average molecular weight is 229 g/mol. The molecular formula is C10H6F3NO2. The van der Waals surface area contributed by atoms with E-state index in [-0.39, 0.29) is 5.56 Å². The summed E-state index contributed by atoms with van der Waals surface area (Å²) in [6, 6.07) is 2.93. The summed E-state index contributed by atoms with van der Waals surface area (Å²) in [5, 5.41) is 17.3. The zero-order valence-corrected chi connectivity index (χ0v) is 8.09. The minimum atomic E-state index is -4.59. The lowest BCUT2D eigenvalue weighted by Crippen LogP contribution is -2.11. The minimum absolute atomic E-state index is 0.366. The van der Waals surface area contributed by atoms with Crippen LogP contribution in [0.15, 0.2) is 12.1 Å². The Balaban J connectivity index is 3.55. The van der Waals surface area contributed by atoms with Crippen molar-refractivity contribution in [2.45, 2.75) is 13.1 Å². The van der Waals surface area contributed by atoms with E-state index < -0.39 is 28.8 Å². The van der Waals surface area contributed by atoms with E-state index in [1.54, 1.807) is 0 Å². The quantitative estimate of drug-likeness (QED) is 0.804. The number of aromatic carboxylic acids is 1. The van der Waals surface area contributed by atoms with Gasteiger partial charge in [0.25, 0.3) is 0 Å². The van der Waals surface area contributed by atoms with Gasteiger partial charge in [0, 0.05) is 0 Å². The summed E-state index contributed by atoms with van der Waals surface area (Å²) in [7, 11) is 0. The molecule has 0 amide bonds. The van der Waals surface area contributed by atoms with Gasteiger partial charge in [0.05, 0.1) is 16.7 Å². The molecule has 1 aromatic carbocycles. The van der Waals surface area contributed by atoms with E-state index in [1.165, 1.54) is 6.07 Å². The lowest BCUT2D eigenvalue weighted by molar-refractivity contribution is -0.138. The summed E-state index contributed by atoms with van der Waals surface area (Å²) in [6.45, 7) is 1.08. The molecule has 0 aliphatic heterocycles. The summed E-state index contributed by atoms with van der Waals surface area (Å²) in [5.41, 5.74) is -2.24. The van der Waals surface area contributed by atoms with Crippen molar-refractivity contribution < 1.29 is 23.1 Å². The van der Waals surface area contributed by atoms with E-state index in [0.29, 0.717) is 6.07 Å². The van der Waals surface area contributed by atoms with Gasteiger partial charge in [-0.2, -0.15) is 18.4 Å². The average Bonchev–Trinajstić information content (AvgIpc) is 2.14. The molecule has 0 saturated carbocycles. The van der Waals surface area contributed by atoms with Crippen molar-refractivity contribution in [1.82, 2.24) is 0 Å². The molecular weight excluding hydrogens is 223 g/mol. The molecule has 1 rings (SSSR count). The molecule has 16 heavy (non-hydrogen) atoms. The summed E-state index contributed by atoms with van der Waals surface area (Å²) in [4.78, 5) is 10.7. The molecule has 1 N–H and O–H groups in total. The molecule has 0 saturated heterocycles. The largest absolute Gasteiger partial charge is 0.478 e. The fourth-order valence-corrected chi connectivity index (χ4v) is 1.34. The van der Waals surface area contributed by atoms with Gasteiger partial charge in [-0.25, -0.2) is 4.79 Å². The van der Waals surface area contributed by atoms with Crippen molar-refractivity contribution in [3.05, 3.63) is 34.4 Å². The van der Waals surface area contributed by atoms with Gasteiger partial charge < -0.3 is 5.11 Å². The van der Waals surface area contributed by atoms with Gasteiger partial charge in [-0.3, -0.25) is 0 Å². The number of carbonyl (C=O) groups is 1. The highest BCUT2D eigenvalue weighted by Crippen LogP contribution is 2.33. The van der Waals surface area contributed by atoms with Crippen LogP contribution in [0.5, 0.6) is 0 Å². The standard InChI is InChI=1S/C10H6F3NO2/c1-5-7(4-14)6(9(15)16)2-3-8(5)10(11,12)13/h2-3H,1H3,(H,15,16). The maximum atomic E-state index is 12.4. The minimum Gasteiger partial charge on any atom is -0.478 e. The Morgan fingerprint density at radius 2 is 2.00 bits per heavy atom. The van der Waals surface area contributed by atoms with Crippen LogP contribution in [0.4, 0.5) is 13.2 Å². The third-order valence-corrected chi connectivity index (χ3v) is 2.11. The molecule has 3 nitrogen and oxygen atoms in total. The predicted molar refractivity (Wildman–Crippen MR) is 47.9 cm³/mol. The van der Waals surface area contributed by atoms with Crippen LogP contribution in [-0.4, -0.2) is 11.1 Å². The fourth-order valence-electron chi connectivity index (χ4n) is 1.34. The molecule has 0 aliphatic carbocycles. The van der Waals surface area contributed by atoms with Gasteiger partial charge >= 0.3 is 12.1 Å². The molecule has 0 aromatic heterocycles. The number of nitriles is 1. The van der Waals surface area contributed by atoms with Crippen molar-refractivity contribution in [3.8, 4) is 6.07 Å². The Morgan fingerprint density at radius 3 is 2.38 bits per heavy atom. The summed E-state index contributed by atoms with van der Waals surface area (Å²) in [6.07, 6.45) is -4.59.